The Balaban J connectivity index is 2.47. The number of rotatable bonds is 6. The fourth-order valence-corrected chi connectivity index (χ4v) is 1.47. The molecule has 0 fully saturated rings. The summed E-state index contributed by atoms with van der Waals surface area (Å²) in [6.07, 6.45) is 4.39. The molecule has 1 rings (SSSR count). The number of ether oxygens (including phenoxy) is 1. The predicted molar refractivity (Wildman–Crippen MR) is 71.9 cm³/mol. The van der Waals surface area contributed by atoms with Gasteiger partial charge in [0, 0.05) is 32.7 Å². The first-order valence-corrected chi connectivity index (χ1v) is 5.94. The molecular weight excluding hydrogens is 230 g/mol. The lowest BCUT2D eigenvalue weighted by atomic mass is 10.1. The van der Waals surface area contributed by atoms with E-state index in [4.69, 9.17) is 10.6 Å². The number of aliphatic imine (C=N–C) groups is 1. The molecule has 0 aliphatic rings. The molecule has 0 spiro atoms. The highest BCUT2D eigenvalue weighted by Crippen LogP contribution is 2.09. The molecule has 0 aromatic carbocycles. The average Bonchev–Trinajstić information content (AvgIpc) is 2.43. The summed E-state index contributed by atoms with van der Waals surface area (Å²) in [5.74, 6) is 6.01. The van der Waals surface area contributed by atoms with Gasteiger partial charge < -0.3 is 10.1 Å². The lowest BCUT2D eigenvalue weighted by Crippen LogP contribution is -2.42. The molecule has 18 heavy (non-hydrogen) atoms. The zero-order valence-electron chi connectivity index (χ0n) is 10.9. The fraction of sp³-hybridized carbons (Fsp3) is 0.500. The third-order valence-corrected chi connectivity index (χ3v) is 2.47. The summed E-state index contributed by atoms with van der Waals surface area (Å²) in [7, 11) is 1.68. The highest BCUT2D eigenvalue weighted by atomic mass is 16.5. The van der Waals surface area contributed by atoms with Gasteiger partial charge in [0.05, 0.1) is 6.04 Å². The van der Waals surface area contributed by atoms with E-state index in [1.54, 1.807) is 19.5 Å². The van der Waals surface area contributed by atoms with Crippen LogP contribution in [-0.4, -0.2) is 31.2 Å². The minimum Gasteiger partial charge on any atom is -0.385 e. The molecule has 0 aliphatic heterocycles. The number of methoxy groups -OCH3 is 1. The summed E-state index contributed by atoms with van der Waals surface area (Å²) >= 11 is 0. The molecule has 4 N–H and O–H groups in total. The summed E-state index contributed by atoms with van der Waals surface area (Å²) in [6, 6.07) is 4.03. The van der Waals surface area contributed by atoms with Crippen LogP contribution in [0.2, 0.25) is 0 Å². The second-order valence-electron chi connectivity index (χ2n) is 3.87. The van der Waals surface area contributed by atoms with Crippen LogP contribution in [0.4, 0.5) is 0 Å². The Hall–Kier alpha value is -1.66. The van der Waals surface area contributed by atoms with Gasteiger partial charge in [0.1, 0.15) is 0 Å². The van der Waals surface area contributed by atoms with Gasteiger partial charge in [0.15, 0.2) is 0 Å². The monoisotopic (exact) mass is 251 g/mol. The van der Waals surface area contributed by atoms with Crippen molar-refractivity contribution in [3.05, 3.63) is 30.1 Å². The van der Waals surface area contributed by atoms with Crippen molar-refractivity contribution >= 4 is 5.96 Å². The van der Waals surface area contributed by atoms with E-state index >= 15 is 0 Å². The van der Waals surface area contributed by atoms with Gasteiger partial charge in [0.2, 0.25) is 5.96 Å². The van der Waals surface area contributed by atoms with Crippen LogP contribution in [0.1, 0.15) is 24.9 Å². The second kappa shape index (κ2) is 8.43. The molecule has 1 aromatic rings. The van der Waals surface area contributed by atoms with E-state index in [-0.39, 0.29) is 6.04 Å². The lowest BCUT2D eigenvalue weighted by Gasteiger charge is -2.16. The van der Waals surface area contributed by atoms with Crippen molar-refractivity contribution in [2.75, 3.05) is 20.3 Å². The molecule has 1 aromatic heterocycles. The molecule has 6 nitrogen and oxygen atoms in total. The van der Waals surface area contributed by atoms with E-state index in [1.165, 1.54) is 0 Å². The Labute approximate surface area is 108 Å². The van der Waals surface area contributed by atoms with Crippen LogP contribution in [0, 0.1) is 0 Å². The van der Waals surface area contributed by atoms with Crippen molar-refractivity contribution < 1.29 is 4.74 Å². The maximum atomic E-state index is 5.43. The average molecular weight is 251 g/mol. The Morgan fingerprint density at radius 1 is 1.50 bits per heavy atom. The highest BCUT2D eigenvalue weighted by Gasteiger charge is 2.06. The second-order valence-corrected chi connectivity index (χ2v) is 3.87. The number of guanidine groups is 1. The number of nitrogens with zero attached hydrogens (tertiary/aromatic N) is 2. The lowest BCUT2D eigenvalue weighted by molar-refractivity contribution is 0.197. The maximum Gasteiger partial charge on any atom is 0.206 e. The molecule has 1 unspecified atom stereocenters. The quantitative estimate of drug-likeness (QED) is 0.226. The molecule has 0 amide bonds. The van der Waals surface area contributed by atoms with E-state index in [1.807, 2.05) is 19.1 Å². The van der Waals surface area contributed by atoms with Crippen LogP contribution in [0.25, 0.3) is 0 Å². The number of hydrogen-bond donors (Lipinski definition) is 3. The zero-order chi connectivity index (χ0) is 13.2. The van der Waals surface area contributed by atoms with Gasteiger partial charge in [-0.1, -0.05) is 0 Å². The first-order chi connectivity index (χ1) is 8.77. The Morgan fingerprint density at radius 2 is 2.22 bits per heavy atom. The van der Waals surface area contributed by atoms with Crippen LogP contribution in [0.5, 0.6) is 0 Å². The molecule has 0 radical (unpaired) electrons. The normalized spacial score (nSPS) is 13.2. The summed E-state index contributed by atoms with van der Waals surface area (Å²) < 4.78 is 4.96. The standard InChI is InChI=1S/C12H21N5O/c1-10(11-4-7-14-8-5-11)16-12(17-13)15-6-3-9-18-2/h4-5,7-8,10H,3,6,9,13H2,1-2H3,(H2,15,16,17). The van der Waals surface area contributed by atoms with Crippen LogP contribution < -0.4 is 16.6 Å². The van der Waals surface area contributed by atoms with Gasteiger partial charge in [-0.2, -0.15) is 0 Å². The number of hydrogen-bond acceptors (Lipinski definition) is 4. The van der Waals surface area contributed by atoms with Gasteiger partial charge in [-0.15, -0.1) is 0 Å². The SMILES string of the molecule is COCCCN=C(NN)NC(C)c1ccncc1. The molecule has 6 heteroatoms. The predicted octanol–water partition coefficient (Wildman–Crippen LogP) is 0.588. The van der Waals surface area contributed by atoms with Crippen molar-refractivity contribution in [2.24, 2.45) is 10.8 Å². The first kappa shape index (κ1) is 14.4. The van der Waals surface area contributed by atoms with Crippen molar-refractivity contribution in [1.82, 2.24) is 15.7 Å². The molecule has 1 atom stereocenters. The number of nitrogens with two attached hydrogens (primary N) is 1. The highest BCUT2D eigenvalue weighted by molar-refractivity contribution is 5.79. The molecular formula is C12H21N5O. The van der Waals surface area contributed by atoms with Crippen LogP contribution in [0.3, 0.4) is 0 Å². The van der Waals surface area contributed by atoms with Gasteiger partial charge >= 0.3 is 0 Å². The van der Waals surface area contributed by atoms with Gasteiger partial charge in [0.25, 0.3) is 0 Å². The van der Waals surface area contributed by atoms with Crippen LogP contribution in [0.15, 0.2) is 29.5 Å². The molecule has 0 aliphatic carbocycles. The molecule has 1 heterocycles. The maximum absolute atomic E-state index is 5.43. The summed E-state index contributed by atoms with van der Waals surface area (Å²) in [4.78, 5) is 8.30. The summed E-state index contributed by atoms with van der Waals surface area (Å²) in [5.41, 5.74) is 3.69. The number of aromatic nitrogens is 1. The largest absolute Gasteiger partial charge is 0.385 e. The topological polar surface area (TPSA) is 84.6 Å². The van der Waals surface area contributed by atoms with Crippen LogP contribution >= 0.6 is 0 Å². The zero-order valence-corrected chi connectivity index (χ0v) is 10.9. The van der Waals surface area contributed by atoms with Crippen molar-refractivity contribution in [1.29, 1.82) is 0 Å². The molecule has 0 saturated heterocycles. The Morgan fingerprint density at radius 3 is 2.83 bits per heavy atom. The van der Waals surface area contributed by atoms with Gasteiger partial charge in [-0.3, -0.25) is 15.4 Å². The summed E-state index contributed by atoms with van der Waals surface area (Å²) in [5, 5.41) is 3.21. The van der Waals surface area contributed by atoms with Crippen LogP contribution in [-0.2, 0) is 4.74 Å². The van der Waals surface area contributed by atoms with Gasteiger partial charge in [-0.25, -0.2) is 5.84 Å². The number of pyridine rings is 1. The minimum atomic E-state index is 0.116. The van der Waals surface area contributed by atoms with Crippen molar-refractivity contribution in [3.8, 4) is 0 Å². The third kappa shape index (κ3) is 5.11. The Kier molecular flexibility index (Phi) is 6.75. The first-order valence-electron chi connectivity index (χ1n) is 5.94. The summed E-state index contributed by atoms with van der Waals surface area (Å²) in [6.45, 7) is 3.40. The third-order valence-electron chi connectivity index (χ3n) is 2.47. The van der Waals surface area contributed by atoms with Crippen molar-refractivity contribution in [2.45, 2.75) is 19.4 Å². The fourth-order valence-electron chi connectivity index (χ4n) is 1.47. The van der Waals surface area contributed by atoms with Crippen molar-refractivity contribution in [3.63, 3.8) is 0 Å². The van der Waals surface area contributed by atoms with E-state index < -0.39 is 0 Å². The number of hydrazine groups is 1. The molecule has 100 valence electrons. The molecule has 0 bridgehead atoms. The minimum absolute atomic E-state index is 0.116. The van der Waals surface area contributed by atoms with E-state index in [9.17, 15) is 0 Å². The van der Waals surface area contributed by atoms with Gasteiger partial charge in [-0.05, 0) is 31.0 Å². The Bertz CT molecular complexity index is 355. The van der Waals surface area contributed by atoms with E-state index in [0.717, 1.165) is 12.0 Å². The number of nitrogens with one attached hydrogen (secondary N) is 2. The molecule has 0 saturated carbocycles. The van der Waals surface area contributed by atoms with E-state index in [2.05, 4.69) is 20.7 Å². The smallest absolute Gasteiger partial charge is 0.206 e. The van der Waals surface area contributed by atoms with E-state index in [0.29, 0.717) is 19.1 Å².